The maximum absolute atomic E-state index is 13.8. The number of imide groups is 1. The quantitative estimate of drug-likeness (QED) is 0.807. The van der Waals surface area contributed by atoms with Gasteiger partial charge in [0.25, 0.3) is 5.91 Å². The van der Waals surface area contributed by atoms with Crippen molar-refractivity contribution in [3.63, 3.8) is 0 Å². The van der Waals surface area contributed by atoms with Crippen molar-refractivity contribution in [1.29, 1.82) is 0 Å². The molecule has 1 aliphatic rings. The average molecular weight is 317 g/mol. The Bertz CT molecular complexity index is 816. The predicted octanol–water partition coefficient (Wildman–Crippen LogP) is 0.516. The van der Waals surface area contributed by atoms with Crippen LogP contribution in [-0.4, -0.2) is 39.2 Å². The molecule has 2 heterocycles. The number of hydrazine groups is 1. The highest BCUT2D eigenvalue weighted by Crippen LogP contribution is 2.17. The van der Waals surface area contributed by atoms with Crippen molar-refractivity contribution in [2.75, 3.05) is 6.54 Å². The molecule has 9 heteroatoms. The number of nitrogens with zero attached hydrogens (tertiary/aromatic N) is 3. The van der Waals surface area contributed by atoms with E-state index in [1.807, 2.05) is 5.32 Å². The lowest BCUT2D eigenvalue weighted by molar-refractivity contribution is -0.118. The Labute approximate surface area is 129 Å². The minimum atomic E-state index is -0.706. The molecule has 1 aromatic carbocycles. The highest BCUT2D eigenvalue weighted by Gasteiger charge is 2.29. The Hall–Kier alpha value is -3.23. The van der Waals surface area contributed by atoms with Crippen molar-refractivity contribution in [1.82, 2.24) is 25.5 Å². The molecule has 0 saturated carbocycles. The summed E-state index contributed by atoms with van der Waals surface area (Å²) in [4.78, 5) is 34.7. The molecule has 1 saturated heterocycles. The first kappa shape index (κ1) is 14.7. The molecule has 118 valence electrons. The molecular formula is C14H12FN5O3. The Morgan fingerprint density at radius 3 is 2.74 bits per heavy atom. The first-order valence-electron chi connectivity index (χ1n) is 6.69. The van der Waals surface area contributed by atoms with Crippen LogP contribution in [0.5, 0.6) is 0 Å². The van der Waals surface area contributed by atoms with E-state index in [-0.39, 0.29) is 17.8 Å². The predicted molar refractivity (Wildman–Crippen MR) is 76.0 cm³/mol. The van der Waals surface area contributed by atoms with Crippen molar-refractivity contribution < 1.29 is 18.8 Å². The molecule has 0 unspecified atom stereocenters. The third kappa shape index (κ3) is 2.63. The van der Waals surface area contributed by atoms with E-state index in [1.165, 1.54) is 23.0 Å². The van der Waals surface area contributed by atoms with E-state index >= 15 is 0 Å². The minimum absolute atomic E-state index is 0.167. The third-order valence-electron chi connectivity index (χ3n) is 3.36. The van der Waals surface area contributed by atoms with Crippen LogP contribution in [0.25, 0.3) is 5.69 Å². The van der Waals surface area contributed by atoms with Crippen LogP contribution in [0.4, 0.5) is 9.18 Å². The monoisotopic (exact) mass is 317 g/mol. The van der Waals surface area contributed by atoms with Gasteiger partial charge in [-0.15, -0.1) is 0 Å². The summed E-state index contributed by atoms with van der Waals surface area (Å²) < 4.78 is 15.1. The molecule has 1 fully saturated rings. The summed E-state index contributed by atoms with van der Waals surface area (Å²) in [6.07, 6.45) is 1.27. The summed E-state index contributed by atoms with van der Waals surface area (Å²) in [5, 5.41) is 6.91. The molecule has 2 aromatic rings. The number of carbonyl (C=O) groups is 3. The van der Waals surface area contributed by atoms with Crippen LogP contribution in [0.15, 0.2) is 30.5 Å². The van der Waals surface area contributed by atoms with E-state index < -0.39 is 23.7 Å². The number of amides is 4. The SMILES string of the molecule is Cc1c(C(=O)NN2CC(=O)NC2=O)cnn1-c1ccccc1F. The largest absolute Gasteiger partial charge is 0.343 e. The summed E-state index contributed by atoms with van der Waals surface area (Å²) in [5.74, 6) is -1.60. The number of hydrogen-bond donors (Lipinski definition) is 2. The molecular weight excluding hydrogens is 305 g/mol. The summed E-state index contributed by atoms with van der Waals surface area (Å²) in [6, 6.07) is 5.32. The van der Waals surface area contributed by atoms with Crippen LogP contribution in [0.3, 0.4) is 0 Å². The third-order valence-corrected chi connectivity index (χ3v) is 3.36. The molecule has 1 aliphatic heterocycles. The van der Waals surface area contributed by atoms with Gasteiger partial charge in [-0.05, 0) is 19.1 Å². The maximum Gasteiger partial charge on any atom is 0.343 e. The molecule has 0 aliphatic carbocycles. The first-order valence-corrected chi connectivity index (χ1v) is 6.69. The zero-order valence-corrected chi connectivity index (χ0v) is 12.0. The molecule has 8 nitrogen and oxygen atoms in total. The summed E-state index contributed by atoms with van der Waals surface area (Å²) >= 11 is 0. The maximum atomic E-state index is 13.8. The number of rotatable bonds is 3. The van der Waals surface area contributed by atoms with Crippen LogP contribution >= 0.6 is 0 Å². The second-order valence-corrected chi connectivity index (χ2v) is 4.89. The number of para-hydroxylation sites is 1. The van der Waals surface area contributed by atoms with E-state index in [1.54, 1.807) is 19.1 Å². The van der Waals surface area contributed by atoms with Crippen LogP contribution in [-0.2, 0) is 4.79 Å². The zero-order chi connectivity index (χ0) is 16.6. The Morgan fingerprint density at radius 1 is 1.35 bits per heavy atom. The highest BCUT2D eigenvalue weighted by molar-refractivity contribution is 6.04. The van der Waals surface area contributed by atoms with Crippen molar-refractivity contribution >= 4 is 17.8 Å². The number of urea groups is 1. The average Bonchev–Trinajstić information content (AvgIpc) is 3.02. The van der Waals surface area contributed by atoms with Crippen LogP contribution in [0.1, 0.15) is 16.1 Å². The smallest absolute Gasteiger partial charge is 0.275 e. The van der Waals surface area contributed by atoms with Gasteiger partial charge >= 0.3 is 6.03 Å². The van der Waals surface area contributed by atoms with Gasteiger partial charge in [0.1, 0.15) is 18.0 Å². The standard InChI is InChI=1S/C14H12FN5O3/c1-8-9(13(22)18-19-7-12(21)17-14(19)23)6-16-20(8)11-5-3-2-4-10(11)15/h2-6H,7H2,1H3,(H,18,22)(H,17,21,23). The van der Waals surface area contributed by atoms with E-state index in [4.69, 9.17) is 0 Å². The van der Waals surface area contributed by atoms with Gasteiger partial charge in [-0.3, -0.25) is 20.3 Å². The molecule has 23 heavy (non-hydrogen) atoms. The fourth-order valence-electron chi connectivity index (χ4n) is 2.21. The number of hydrogen-bond acceptors (Lipinski definition) is 4. The zero-order valence-electron chi connectivity index (χ0n) is 12.0. The van der Waals surface area contributed by atoms with Gasteiger partial charge < -0.3 is 0 Å². The molecule has 1 aromatic heterocycles. The van der Waals surface area contributed by atoms with Gasteiger partial charge in [-0.1, -0.05) is 12.1 Å². The molecule has 3 rings (SSSR count). The van der Waals surface area contributed by atoms with Crippen molar-refractivity contribution in [2.24, 2.45) is 0 Å². The normalized spacial score (nSPS) is 14.1. The fourth-order valence-corrected chi connectivity index (χ4v) is 2.21. The molecule has 0 radical (unpaired) electrons. The number of aromatic nitrogens is 2. The first-order chi connectivity index (χ1) is 11.0. The van der Waals surface area contributed by atoms with Crippen molar-refractivity contribution in [2.45, 2.75) is 6.92 Å². The lowest BCUT2D eigenvalue weighted by atomic mass is 10.2. The topological polar surface area (TPSA) is 96.3 Å². The number of carbonyl (C=O) groups excluding carboxylic acids is 3. The lowest BCUT2D eigenvalue weighted by Crippen LogP contribution is -2.44. The fraction of sp³-hybridized carbons (Fsp3) is 0.143. The second-order valence-electron chi connectivity index (χ2n) is 4.89. The van der Waals surface area contributed by atoms with Crippen molar-refractivity contribution in [3.8, 4) is 5.69 Å². The Morgan fingerprint density at radius 2 is 2.09 bits per heavy atom. The Kier molecular flexibility index (Phi) is 3.53. The molecule has 4 amide bonds. The lowest BCUT2D eigenvalue weighted by Gasteiger charge is -2.14. The van der Waals surface area contributed by atoms with E-state index in [9.17, 15) is 18.8 Å². The Balaban J connectivity index is 1.85. The van der Waals surface area contributed by atoms with Crippen LogP contribution < -0.4 is 10.7 Å². The highest BCUT2D eigenvalue weighted by atomic mass is 19.1. The van der Waals surface area contributed by atoms with Gasteiger partial charge in [0.15, 0.2) is 0 Å². The summed E-state index contributed by atoms with van der Waals surface area (Å²) in [6.45, 7) is 1.34. The van der Waals surface area contributed by atoms with Gasteiger partial charge in [-0.2, -0.15) is 5.10 Å². The van der Waals surface area contributed by atoms with Gasteiger partial charge in [0, 0.05) is 0 Å². The summed E-state index contributed by atoms with van der Waals surface area (Å²) in [5.41, 5.74) is 3.09. The van der Waals surface area contributed by atoms with Crippen LogP contribution in [0, 0.1) is 12.7 Å². The molecule has 0 spiro atoms. The number of halogens is 1. The van der Waals surface area contributed by atoms with Gasteiger partial charge in [0.05, 0.1) is 17.5 Å². The van der Waals surface area contributed by atoms with E-state index in [0.29, 0.717) is 5.69 Å². The number of nitrogens with one attached hydrogen (secondary N) is 2. The van der Waals surface area contributed by atoms with Gasteiger partial charge in [-0.25, -0.2) is 18.9 Å². The van der Waals surface area contributed by atoms with Gasteiger partial charge in [0.2, 0.25) is 5.91 Å². The molecule has 2 N–H and O–H groups in total. The van der Waals surface area contributed by atoms with E-state index in [0.717, 1.165) is 5.01 Å². The molecule has 0 atom stereocenters. The second kappa shape index (κ2) is 5.52. The number of benzene rings is 1. The van der Waals surface area contributed by atoms with Crippen molar-refractivity contribution in [3.05, 3.63) is 47.5 Å². The summed E-state index contributed by atoms with van der Waals surface area (Å²) in [7, 11) is 0. The molecule has 0 bridgehead atoms. The van der Waals surface area contributed by atoms with E-state index in [2.05, 4.69) is 10.5 Å². The minimum Gasteiger partial charge on any atom is -0.275 e. The van der Waals surface area contributed by atoms with Crippen LogP contribution in [0.2, 0.25) is 0 Å².